The summed E-state index contributed by atoms with van der Waals surface area (Å²) in [6.07, 6.45) is 5.88. The van der Waals surface area contributed by atoms with E-state index in [0.29, 0.717) is 12.6 Å². The van der Waals surface area contributed by atoms with Gasteiger partial charge in [0.1, 0.15) is 0 Å². The van der Waals surface area contributed by atoms with Gasteiger partial charge in [-0.25, -0.2) is 4.79 Å². The fourth-order valence-corrected chi connectivity index (χ4v) is 3.06. The highest BCUT2D eigenvalue weighted by atomic mass is 16.2. The molecule has 3 rings (SSSR count). The van der Waals surface area contributed by atoms with E-state index in [2.05, 4.69) is 14.9 Å². The van der Waals surface area contributed by atoms with Crippen LogP contribution in [0.4, 0.5) is 0 Å². The molecule has 2 aliphatic rings. The van der Waals surface area contributed by atoms with Gasteiger partial charge in [0, 0.05) is 31.2 Å². The van der Waals surface area contributed by atoms with Gasteiger partial charge in [-0.1, -0.05) is 12.8 Å². The molecule has 1 aliphatic heterocycles. The normalized spacial score (nSPS) is 21.6. The maximum absolute atomic E-state index is 11.7. The second-order valence-corrected chi connectivity index (χ2v) is 5.02. The van der Waals surface area contributed by atoms with E-state index in [4.69, 9.17) is 0 Å². The van der Waals surface area contributed by atoms with Crippen LogP contribution in [-0.4, -0.2) is 27.5 Å². The molecule has 2 N–H and O–H groups in total. The van der Waals surface area contributed by atoms with Gasteiger partial charge in [0.05, 0.1) is 5.56 Å². The molecular weight excluding hydrogens is 218 g/mol. The lowest BCUT2D eigenvalue weighted by molar-refractivity contribution is 0.178. The molecule has 0 spiro atoms. The number of hydrogen-bond acceptors (Lipinski definition) is 3. The van der Waals surface area contributed by atoms with Crippen molar-refractivity contribution in [1.82, 2.24) is 14.9 Å². The molecular formula is C12H17N3O2. The van der Waals surface area contributed by atoms with Gasteiger partial charge in [-0.2, -0.15) is 0 Å². The highest BCUT2D eigenvalue weighted by Crippen LogP contribution is 2.26. The van der Waals surface area contributed by atoms with Gasteiger partial charge in [0.15, 0.2) is 0 Å². The number of H-pyrrole nitrogens is 2. The predicted molar refractivity (Wildman–Crippen MR) is 64.1 cm³/mol. The number of aromatic nitrogens is 2. The number of hydrogen-bond donors (Lipinski definition) is 2. The lowest BCUT2D eigenvalue weighted by Gasteiger charge is -2.32. The van der Waals surface area contributed by atoms with E-state index < -0.39 is 0 Å². The zero-order valence-electron chi connectivity index (χ0n) is 9.79. The van der Waals surface area contributed by atoms with E-state index >= 15 is 0 Å². The molecule has 1 aliphatic carbocycles. The molecule has 5 nitrogen and oxygen atoms in total. The second-order valence-electron chi connectivity index (χ2n) is 5.02. The first-order chi connectivity index (χ1) is 8.24. The molecule has 2 heterocycles. The molecule has 1 fully saturated rings. The first kappa shape index (κ1) is 10.8. The van der Waals surface area contributed by atoms with Crippen LogP contribution in [0.15, 0.2) is 9.59 Å². The Labute approximate surface area is 98.9 Å². The first-order valence-corrected chi connectivity index (χ1v) is 6.32. The van der Waals surface area contributed by atoms with Crippen molar-refractivity contribution in [3.8, 4) is 0 Å². The minimum Gasteiger partial charge on any atom is -0.311 e. The summed E-state index contributed by atoms with van der Waals surface area (Å²) in [5.41, 5.74) is 0.977. The fraction of sp³-hybridized carbons (Fsp3) is 0.667. The Morgan fingerprint density at radius 1 is 1.12 bits per heavy atom. The van der Waals surface area contributed by atoms with E-state index in [1.54, 1.807) is 0 Å². The third-order valence-corrected chi connectivity index (χ3v) is 3.98. The Hall–Kier alpha value is -1.36. The summed E-state index contributed by atoms with van der Waals surface area (Å²) in [7, 11) is 0. The van der Waals surface area contributed by atoms with Gasteiger partial charge >= 0.3 is 5.69 Å². The average Bonchev–Trinajstić information content (AvgIpc) is 2.82. The largest absolute Gasteiger partial charge is 0.325 e. The lowest BCUT2D eigenvalue weighted by Crippen LogP contribution is -2.42. The first-order valence-electron chi connectivity index (χ1n) is 6.32. The van der Waals surface area contributed by atoms with Crippen LogP contribution in [0.2, 0.25) is 0 Å². The van der Waals surface area contributed by atoms with Gasteiger partial charge in [-0.15, -0.1) is 0 Å². The zero-order chi connectivity index (χ0) is 11.8. The lowest BCUT2D eigenvalue weighted by atomic mass is 10.0. The van der Waals surface area contributed by atoms with E-state index in [0.717, 1.165) is 24.2 Å². The molecule has 0 bridgehead atoms. The van der Waals surface area contributed by atoms with Crippen LogP contribution in [0.5, 0.6) is 0 Å². The number of fused-ring (bicyclic) bond motifs is 1. The van der Waals surface area contributed by atoms with Crippen molar-refractivity contribution in [2.24, 2.45) is 0 Å². The van der Waals surface area contributed by atoms with Gasteiger partial charge in [-0.3, -0.25) is 14.7 Å². The third-order valence-electron chi connectivity index (χ3n) is 3.98. The van der Waals surface area contributed by atoms with Crippen molar-refractivity contribution in [1.29, 1.82) is 0 Å². The van der Waals surface area contributed by atoms with Crippen LogP contribution >= 0.6 is 0 Å². The molecule has 0 amide bonds. The number of nitrogens with one attached hydrogen (secondary N) is 2. The Morgan fingerprint density at radius 3 is 2.65 bits per heavy atom. The Kier molecular flexibility index (Phi) is 2.63. The van der Waals surface area contributed by atoms with Crippen molar-refractivity contribution >= 4 is 0 Å². The molecule has 5 heteroatoms. The minimum atomic E-state index is -0.386. The van der Waals surface area contributed by atoms with Crippen molar-refractivity contribution in [2.75, 3.05) is 6.54 Å². The molecule has 0 radical (unpaired) electrons. The molecule has 92 valence electrons. The molecule has 1 aromatic rings. The second kappa shape index (κ2) is 4.14. The van der Waals surface area contributed by atoms with Gasteiger partial charge in [0.2, 0.25) is 0 Å². The molecule has 0 atom stereocenters. The molecule has 0 aromatic carbocycles. The highest BCUT2D eigenvalue weighted by molar-refractivity contribution is 5.19. The summed E-state index contributed by atoms with van der Waals surface area (Å²) in [5.74, 6) is 0. The predicted octanol–water partition coefficient (Wildman–Crippen LogP) is 0.364. The van der Waals surface area contributed by atoms with Gasteiger partial charge in [0.25, 0.3) is 5.56 Å². The molecule has 0 unspecified atom stereocenters. The van der Waals surface area contributed by atoms with E-state index in [9.17, 15) is 9.59 Å². The third kappa shape index (κ3) is 1.95. The van der Waals surface area contributed by atoms with Crippen molar-refractivity contribution in [3.05, 3.63) is 32.1 Å². The van der Waals surface area contributed by atoms with Crippen LogP contribution in [0, 0.1) is 0 Å². The quantitative estimate of drug-likeness (QED) is 0.738. The number of rotatable bonds is 1. The molecule has 1 saturated carbocycles. The summed E-state index contributed by atoms with van der Waals surface area (Å²) in [6, 6.07) is 0.634. The minimum absolute atomic E-state index is 0.216. The average molecular weight is 235 g/mol. The van der Waals surface area contributed by atoms with E-state index in [1.807, 2.05) is 0 Å². The van der Waals surface area contributed by atoms with Crippen LogP contribution in [0.3, 0.4) is 0 Å². The maximum Gasteiger partial charge on any atom is 0.325 e. The van der Waals surface area contributed by atoms with Crippen molar-refractivity contribution in [3.63, 3.8) is 0 Å². The fourth-order valence-electron chi connectivity index (χ4n) is 3.06. The van der Waals surface area contributed by atoms with Gasteiger partial charge < -0.3 is 4.98 Å². The SMILES string of the molecule is O=c1[nH]c2c(c(=O)[nH]1)CN(C1CCCC1)CC2. The Balaban J connectivity index is 1.89. The van der Waals surface area contributed by atoms with Crippen molar-refractivity contribution in [2.45, 2.75) is 44.7 Å². The summed E-state index contributed by atoms with van der Waals surface area (Å²) in [6.45, 7) is 1.64. The van der Waals surface area contributed by atoms with Crippen LogP contribution in [0.25, 0.3) is 0 Å². The summed E-state index contributed by atoms with van der Waals surface area (Å²) in [5, 5.41) is 0. The maximum atomic E-state index is 11.7. The summed E-state index contributed by atoms with van der Waals surface area (Å²) in [4.78, 5) is 30.4. The number of aromatic amines is 2. The summed E-state index contributed by atoms with van der Waals surface area (Å²) < 4.78 is 0. The van der Waals surface area contributed by atoms with Crippen molar-refractivity contribution < 1.29 is 0 Å². The highest BCUT2D eigenvalue weighted by Gasteiger charge is 2.27. The topological polar surface area (TPSA) is 69.0 Å². The Bertz CT molecular complexity index is 525. The molecule has 1 aromatic heterocycles. The number of nitrogens with zero attached hydrogens (tertiary/aromatic N) is 1. The standard InChI is InChI=1S/C12H17N3O2/c16-11-9-7-15(8-3-1-2-4-8)6-5-10(9)13-12(17)14-11/h8H,1-7H2,(H2,13,14,16,17). The Morgan fingerprint density at radius 2 is 1.88 bits per heavy atom. The molecule has 0 saturated heterocycles. The smallest absolute Gasteiger partial charge is 0.311 e. The summed E-state index contributed by atoms with van der Waals surface area (Å²) >= 11 is 0. The van der Waals surface area contributed by atoms with E-state index in [1.165, 1.54) is 25.7 Å². The van der Waals surface area contributed by atoms with E-state index in [-0.39, 0.29) is 11.2 Å². The monoisotopic (exact) mass is 235 g/mol. The van der Waals surface area contributed by atoms with Crippen LogP contribution in [-0.2, 0) is 13.0 Å². The van der Waals surface area contributed by atoms with Crippen LogP contribution in [0.1, 0.15) is 36.9 Å². The van der Waals surface area contributed by atoms with Crippen LogP contribution < -0.4 is 11.2 Å². The molecule has 17 heavy (non-hydrogen) atoms. The van der Waals surface area contributed by atoms with Gasteiger partial charge in [-0.05, 0) is 12.8 Å². The zero-order valence-corrected chi connectivity index (χ0v) is 9.79.